The van der Waals surface area contributed by atoms with Gasteiger partial charge in [-0.15, -0.1) is 5.10 Å². The van der Waals surface area contributed by atoms with E-state index in [1.807, 2.05) is 0 Å². The summed E-state index contributed by atoms with van der Waals surface area (Å²) in [5.74, 6) is 0. The highest BCUT2D eigenvalue weighted by Gasteiger charge is 2.31. The minimum absolute atomic E-state index is 0.256. The van der Waals surface area contributed by atoms with Crippen LogP contribution in [0, 0.1) is 6.92 Å². The number of benzene rings is 2. The third-order valence-electron chi connectivity index (χ3n) is 5.84. The molecular weight excluding hydrogens is 348 g/mol. The molecule has 6 nitrogen and oxygen atoms in total. The summed E-state index contributed by atoms with van der Waals surface area (Å²) < 4.78 is 1.81. The van der Waals surface area contributed by atoms with Crippen molar-refractivity contribution in [2.75, 3.05) is 13.1 Å². The van der Waals surface area contributed by atoms with Crippen LogP contribution in [-0.2, 0) is 13.0 Å². The number of aromatic nitrogens is 5. The number of hydrogen-bond donors (Lipinski definition) is 1. The van der Waals surface area contributed by atoms with Crippen LogP contribution in [0.25, 0.3) is 10.9 Å². The zero-order chi connectivity index (χ0) is 18.9. The number of fused-ring (bicyclic) bond motifs is 3. The monoisotopic (exact) mass is 372 g/mol. The highest BCUT2D eigenvalue weighted by molar-refractivity contribution is 5.85. The molecule has 3 heterocycles. The van der Waals surface area contributed by atoms with Crippen molar-refractivity contribution in [1.82, 2.24) is 30.1 Å². The van der Waals surface area contributed by atoms with E-state index in [-0.39, 0.29) is 6.04 Å². The van der Waals surface area contributed by atoms with E-state index in [9.17, 15) is 0 Å². The summed E-state index contributed by atoms with van der Waals surface area (Å²) in [6.45, 7) is 5.12. The molecule has 0 spiro atoms. The zero-order valence-corrected chi connectivity index (χ0v) is 16.0. The van der Waals surface area contributed by atoms with Gasteiger partial charge in [0.2, 0.25) is 0 Å². The van der Waals surface area contributed by atoms with Crippen molar-refractivity contribution in [3.05, 3.63) is 77.2 Å². The van der Waals surface area contributed by atoms with Crippen molar-refractivity contribution in [1.29, 1.82) is 0 Å². The van der Waals surface area contributed by atoms with E-state index in [0.717, 1.165) is 32.5 Å². The molecule has 0 saturated carbocycles. The van der Waals surface area contributed by atoms with Gasteiger partial charge >= 0.3 is 0 Å². The Morgan fingerprint density at radius 3 is 2.79 bits per heavy atom. The topological polar surface area (TPSA) is 62.6 Å². The summed E-state index contributed by atoms with van der Waals surface area (Å²) in [7, 11) is 0. The fourth-order valence-corrected chi connectivity index (χ4v) is 4.50. The predicted octanol–water partition coefficient (Wildman–Crippen LogP) is 3.50. The van der Waals surface area contributed by atoms with Gasteiger partial charge in [0.05, 0.1) is 6.04 Å². The average Bonchev–Trinajstić information content (AvgIpc) is 3.36. The molecule has 0 saturated heterocycles. The molecule has 0 fully saturated rings. The maximum atomic E-state index is 3.99. The molecule has 2 aromatic heterocycles. The number of nitrogens with one attached hydrogen (secondary N) is 1. The molecule has 0 bridgehead atoms. The van der Waals surface area contributed by atoms with Crippen molar-refractivity contribution in [3.8, 4) is 0 Å². The molecule has 1 atom stereocenters. The van der Waals surface area contributed by atoms with E-state index >= 15 is 0 Å². The lowest BCUT2D eigenvalue weighted by Gasteiger charge is -2.37. The summed E-state index contributed by atoms with van der Waals surface area (Å²) >= 11 is 0. The molecule has 1 aliphatic heterocycles. The average molecular weight is 372 g/mol. The Morgan fingerprint density at radius 2 is 1.93 bits per heavy atom. The number of aromatic amines is 1. The van der Waals surface area contributed by atoms with Gasteiger partial charge in [0.15, 0.2) is 0 Å². The Bertz CT molecular complexity index is 1080. The van der Waals surface area contributed by atoms with Crippen LogP contribution in [0.5, 0.6) is 0 Å². The Hall–Kier alpha value is -2.99. The molecule has 28 heavy (non-hydrogen) atoms. The van der Waals surface area contributed by atoms with Crippen LogP contribution in [0.2, 0.25) is 0 Å². The van der Waals surface area contributed by atoms with Gasteiger partial charge in [0, 0.05) is 36.2 Å². The number of nitrogens with zero attached hydrogens (tertiary/aromatic N) is 5. The molecule has 2 aromatic carbocycles. The molecule has 142 valence electrons. The van der Waals surface area contributed by atoms with Crippen LogP contribution in [0.4, 0.5) is 0 Å². The second kappa shape index (κ2) is 7.20. The first-order chi connectivity index (χ1) is 13.8. The third kappa shape index (κ3) is 2.99. The minimum atomic E-state index is 0.256. The number of rotatable bonds is 5. The first kappa shape index (κ1) is 17.1. The van der Waals surface area contributed by atoms with Crippen LogP contribution >= 0.6 is 0 Å². The van der Waals surface area contributed by atoms with Crippen LogP contribution < -0.4 is 0 Å². The smallest absolute Gasteiger partial charge is 0.138 e. The minimum Gasteiger partial charge on any atom is -0.357 e. The second-order valence-electron chi connectivity index (χ2n) is 7.53. The van der Waals surface area contributed by atoms with Gasteiger partial charge in [-0.2, -0.15) is 0 Å². The number of hydrogen-bond acceptors (Lipinski definition) is 4. The summed E-state index contributed by atoms with van der Waals surface area (Å²) in [6, 6.07) is 17.7. The van der Waals surface area contributed by atoms with Gasteiger partial charge < -0.3 is 4.98 Å². The van der Waals surface area contributed by atoms with E-state index < -0.39 is 0 Å². The SMILES string of the molecule is Cc1ccccc1[C@H]1c2[nH]c3ccccc3c2CCN1CCCn1cnnn1. The summed E-state index contributed by atoms with van der Waals surface area (Å²) in [6.07, 6.45) is 3.78. The quantitative estimate of drug-likeness (QED) is 0.582. The number of H-pyrrole nitrogens is 1. The summed E-state index contributed by atoms with van der Waals surface area (Å²) in [5, 5.41) is 12.8. The fourth-order valence-electron chi connectivity index (χ4n) is 4.50. The van der Waals surface area contributed by atoms with E-state index in [2.05, 4.69) is 80.9 Å². The maximum Gasteiger partial charge on any atom is 0.138 e. The van der Waals surface area contributed by atoms with Crippen LogP contribution in [0.1, 0.15) is 34.8 Å². The summed E-state index contributed by atoms with van der Waals surface area (Å²) in [4.78, 5) is 6.35. The zero-order valence-electron chi connectivity index (χ0n) is 16.0. The van der Waals surface area contributed by atoms with E-state index in [1.54, 1.807) is 11.0 Å². The van der Waals surface area contributed by atoms with Crippen LogP contribution in [0.3, 0.4) is 0 Å². The summed E-state index contributed by atoms with van der Waals surface area (Å²) in [5.41, 5.74) is 6.79. The lowest BCUT2D eigenvalue weighted by atomic mass is 9.90. The largest absolute Gasteiger partial charge is 0.357 e. The number of para-hydroxylation sites is 1. The number of tetrazole rings is 1. The lowest BCUT2D eigenvalue weighted by molar-refractivity contribution is 0.203. The molecular formula is C22H24N6. The van der Waals surface area contributed by atoms with Gasteiger partial charge in [0.1, 0.15) is 6.33 Å². The van der Waals surface area contributed by atoms with Crippen molar-refractivity contribution in [3.63, 3.8) is 0 Å². The highest BCUT2D eigenvalue weighted by atomic mass is 15.5. The molecule has 5 rings (SSSR count). The van der Waals surface area contributed by atoms with Crippen molar-refractivity contribution < 1.29 is 0 Å². The van der Waals surface area contributed by atoms with E-state index in [1.165, 1.54) is 33.3 Å². The maximum absolute atomic E-state index is 3.99. The van der Waals surface area contributed by atoms with Gasteiger partial charge in [-0.3, -0.25) is 4.90 Å². The Labute approximate surface area is 164 Å². The molecule has 0 amide bonds. The molecule has 0 radical (unpaired) electrons. The number of aryl methyl sites for hydroxylation is 2. The Morgan fingerprint density at radius 1 is 1.07 bits per heavy atom. The molecule has 1 N–H and O–H groups in total. The lowest BCUT2D eigenvalue weighted by Crippen LogP contribution is -2.37. The molecule has 6 heteroatoms. The first-order valence-electron chi connectivity index (χ1n) is 9.91. The fraction of sp³-hybridized carbons (Fsp3) is 0.318. The predicted molar refractivity (Wildman–Crippen MR) is 109 cm³/mol. The van der Waals surface area contributed by atoms with Crippen molar-refractivity contribution in [2.24, 2.45) is 0 Å². The molecule has 4 aromatic rings. The van der Waals surface area contributed by atoms with Crippen LogP contribution in [0.15, 0.2) is 54.9 Å². The van der Waals surface area contributed by atoms with E-state index in [0.29, 0.717) is 0 Å². The molecule has 0 unspecified atom stereocenters. The standard InChI is InChI=1S/C22H24N6/c1-16-7-2-3-8-17(16)22-21-19(18-9-4-5-10-20(18)24-21)11-14-27(22)12-6-13-28-15-23-25-26-28/h2-5,7-10,15,22,24H,6,11-14H2,1H3/t22-/m0/s1. The van der Waals surface area contributed by atoms with Gasteiger partial charge in [0.25, 0.3) is 0 Å². The van der Waals surface area contributed by atoms with Gasteiger partial charge in [-0.05, 0) is 52.9 Å². The molecule has 0 aliphatic carbocycles. The molecule has 1 aliphatic rings. The highest BCUT2D eigenvalue weighted by Crippen LogP contribution is 2.39. The Kier molecular flexibility index (Phi) is 4.41. The first-order valence-corrected chi connectivity index (χ1v) is 9.91. The third-order valence-corrected chi connectivity index (χ3v) is 5.84. The van der Waals surface area contributed by atoms with Crippen LogP contribution in [-0.4, -0.2) is 43.2 Å². The normalized spacial score (nSPS) is 17.1. The van der Waals surface area contributed by atoms with E-state index in [4.69, 9.17) is 0 Å². The van der Waals surface area contributed by atoms with Gasteiger partial charge in [-0.25, -0.2) is 4.68 Å². The van der Waals surface area contributed by atoms with Crippen molar-refractivity contribution in [2.45, 2.75) is 32.4 Å². The Balaban J connectivity index is 1.51. The second-order valence-corrected chi connectivity index (χ2v) is 7.53. The van der Waals surface area contributed by atoms with Gasteiger partial charge in [-0.1, -0.05) is 42.5 Å². The van der Waals surface area contributed by atoms with Crippen molar-refractivity contribution >= 4 is 10.9 Å².